The number of nitrogens with two attached hydrogens (primary N) is 1. The van der Waals surface area contributed by atoms with Gasteiger partial charge in [-0.15, -0.1) is 0 Å². The summed E-state index contributed by atoms with van der Waals surface area (Å²) in [7, 11) is 0. The molecule has 0 aliphatic heterocycles. The maximum atomic E-state index is 10.6. The summed E-state index contributed by atoms with van der Waals surface area (Å²) in [6.07, 6.45) is -1.27. The monoisotopic (exact) mass is 283 g/mol. The molecule has 0 atom stereocenters. The Morgan fingerprint density at radius 1 is 1.47 bits per heavy atom. The second kappa shape index (κ2) is 5.59. The van der Waals surface area contributed by atoms with Gasteiger partial charge in [-0.05, 0) is 16.5 Å². The minimum absolute atomic E-state index is 0.192. The predicted molar refractivity (Wildman–Crippen MR) is 76.0 cm³/mol. The van der Waals surface area contributed by atoms with Crippen LogP contribution in [0, 0.1) is 5.41 Å². The molecule has 1 amide bonds. The van der Waals surface area contributed by atoms with Crippen molar-refractivity contribution < 1.29 is 9.90 Å². The minimum atomic E-state index is -1.27. The van der Waals surface area contributed by atoms with Gasteiger partial charge in [0.25, 0.3) is 0 Å². The number of hydrogen-bond donors (Lipinski definition) is 4. The number of halogens is 1. The van der Waals surface area contributed by atoms with Gasteiger partial charge in [-0.2, -0.15) is 0 Å². The molecule has 0 saturated heterocycles. The molecule has 0 aliphatic carbocycles. The zero-order valence-electron chi connectivity index (χ0n) is 11.2. The van der Waals surface area contributed by atoms with E-state index in [4.69, 9.17) is 27.9 Å². The van der Waals surface area contributed by atoms with Crippen molar-refractivity contribution in [3.63, 3.8) is 0 Å². The van der Waals surface area contributed by atoms with Gasteiger partial charge in [-0.1, -0.05) is 44.5 Å². The van der Waals surface area contributed by atoms with Gasteiger partial charge >= 0.3 is 6.09 Å². The van der Waals surface area contributed by atoms with Crippen molar-refractivity contribution in [1.29, 1.82) is 5.41 Å². The highest BCUT2D eigenvalue weighted by Crippen LogP contribution is 2.34. The van der Waals surface area contributed by atoms with Gasteiger partial charge in [-0.25, -0.2) is 4.79 Å². The summed E-state index contributed by atoms with van der Waals surface area (Å²) < 4.78 is 0. The second-order valence-corrected chi connectivity index (χ2v) is 5.60. The molecule has 0 aromatic heterocycles. The fourth-order valence-corrected chi connectivity index (χ4v) is 2.42. The van der Waals surface area contributed by atoms with E-state index in [0.29, 0.717) is 17.1 Å². The van der Waals surface area contributed by atoms with Crippen molar-refractivity contribution in [2.75, 3.05) is 0 Å². The number of hydrogen-bond acceptors (Lipinski definition) is 3. The highest BCUT2D eigenvalue weighted by atomic mass is 35.5. The van der Waals surface area contributed by atoms with Crippen molar-refractivity contribution in [2.24, 2.45) is 5.73 Å². The largest absolute Gasteiger partial charge is 0.465 e. The number of rotatable bonds is 2. The second-order valence-electron chi connectivity index (χ2n) is 5.22. The van der Waals surface area contributed by atoms with E-state index in [-0.39, 0.29) is 11.3 Å². The van der Waals surface area contributed by atoms with E-state index in [1.807, 2.05) is 26.1 Å². The highest BCUT2D eigenvalue weighted by molar-refractivity contribution is 6.33. The van der Waals surface area contributed by atoms with Gasteiger partial charge in [0.2, 0.25) is 0 Å². The van der Waals surface area contributed by atoms with Crippen molar-refractivity contribution >= 4 is 23.5 Å². The first-order valence-electron chi connectivity index (χ1n) is 5.79. The fraction of sp³-hybridized carbons (Fsp3) is 0.385. The third kappa shape index (κ3) is 3.45. The van der Waals surface area contributed by atoms with E-state index in [0.717, 1.165) is 11.1 Å². The van der Waals surface area contributed by atoms with Crippen LogP contribution >= 0.6 is 11.6 Å². The Balaban J connectivity index is 3.44. The van der Waals surface area contributed by atoms with E-state index < -0.39 is 6.09 Å². The minimum Gasteiger partial charge on any atom is -0.465 e. The maximum Gasteiger partial charge on any atom is 0.410 e. The van der Waals surface area contributed by atoms with E-state index in [2.05, 4.69) is 0 Å². The highest BCUT2D eigenvalue weighted by Gasteiger charge is 2.25. The van der Waals surface area contributed by atoms with Crippen molar-refractivity contribution in [3.05, 3.63) is 33.8 Å². The van der Waals surface area contributed by atoms with E-state index >= 15 is 0 Å². The fourth-order valence-electron chi connectivity index (χ4n) is 1.89. The summed E-state index contributed by atoms with van der Waals surface area (Å²) in [5.74, 6) is -0.192. The van der Waals surface area contributed by atoms with E-state index in [9.17, 15) is 4.79 Å². The van der Waals surface area contributed by atoms with Crippen molar-refractivity contribution in [3.8, 4) is 0 Å². The molecular formula is C13H18ClN3O2. The number of carbonyl (C=O) groups is 1. The summed E-state index contributed by atoms with van der Waals surface area (Å²) in [4.78, 5) is 10.6. The molecule has 5 nitrogen and oxygen atoms in total. The van der Waals surface area contributed by atoms with Crippen LogP contribution in [-0.4, -0.2) is 17.0 Å². The molecule has 0 heterocycles. The smallest absolute Gasteiger partial charge is 0.410 e. The number of benzene rings is 1. The summed E-state index contributed by atoms with van der Waals surface area (Å²) in [6, 6.07) is 3.39. The zero-order chi connectivity index (χ0) is 14.8. The van der Waals surface area contributed by atoms with Crippen LogP contribution in [-0.2, 0) is 12.0 Å². The molecule has 1 aromatic rings. The zero-order valence-corrected chi connectivity index (χ0v) is 11.9. The summed E-state index contributed by atoms with van der Waals surface area (Å²) in [6.45, 7) is 6.14. The SMILES string of the molecule is CC(C)(C)c1c(C(=N)NC(=O)O)ccc(CN)c1Cl. The standard InChI is InChI=1S/C13H18ClN3O2/c1-13(2,3)9-8(11(16)17-12(18)19)5-4-7(6-15)10(9)14/h4-5H,6,15H2,1-3H3,(H2,16,17)(H,18,19). The first-order chi connectivity index (χ1) is 8.68. The van der Waals surface area contributed by atoms with Crippen LogP contribution in [0.25, 0.3) is 0 Å². The average molecular weight is 284 g/mol. The number of carboxylic acid groups (broad SMARTS) is 1. The molecule has 0 aliphatic rings. The number of nitrogens with one attached hydrogen (secondary N) is 2. The molecule has 104 valence electrons. The third-order valence-corrected chi connectivity index (χ3v) is 3.12. The number of amidine groups is 1. The van der Waals surface area contributed by atoms with Crippen LogP contribution in [0.4, 0.5) is 4.79 Å². The molecule has 0 spiro atoms. The Kier molecular flexibility index (Phi) is 4.55. The Bertz CT molecular complexity index is 521. The molecule has 0 fully saturated rings. The molecule has 5 N–H and O–H groups in total. The molecule has 6 heteroatoms. The summed E-state index contributed by atoms with van der Waals surface area (Å²) in [5, 5.41) is 19.1. The van der Waals surface area contributed by atoms with Gasteiger partial charge in [0.15, 0.2) is 0 Å². The quantitative estimate of drug-likeness (QED) is 0.496. The van der Waals surface area contributed by atoms with Gasteiger partial charge in [0.1, 0.15) is 5.84 Å². The van der Waals surface area contributed by atoms with Gasteiger partial charge in [0, 0.05) is 17.1 Å². The summed E-state index contributed by atoms with van der Waals surface area (Å²) >= 11 is 6.33. The van der Waals surface area contributed by atoms with Crippen molar-refractivity contribution in [1.82, 2.24) is 5.32 Å². The van der Waals surface area contributed by atoms with Crippen LogP contribution in [0.5, 0.6) is 0 Å². The van der Waals surface area contributed by atoms with E-state index in [1.54, 1.807) is 12.1 Å². The molecule has 1 aromatic carbocycles. The molecule has 19 heavy (non-hydrogen) atoms. The lowest BCUT2D eigenvalue weighted by Gasteiger charge is -2.26. The Morgan fingerprint density at radius 2 is 2.05 bits per heavy atom. The van der Waals surface area contributed by atoms with E-state index in [1.165, 1.54) is 0 Å². The summed E-state index contributed by atoms with van der Waals surface area (Å²) in [5.41, 5.74) is 7.26. The molecule has 0 bridgehead atoms. The molecule has 0 unspecified atom stereocenters. The van der Waals surface area contributed by atoms with Crippen LogP contribution in [0.2, 0.25) is 5.02 Å². The Hall–Kier alpha value is -1.59. The van der Waals surface area contributed by atoms with Crippen LogP contribution < -0.4 is 11.1 Å². The first-order valence-corrected chi connectivity index (χ1v) is 6.17. The third-order valence-electron chi connectivity index (χ3n) is 2.69. The lowest BCUT2D eigenvalue weighted by molar-refractivity contribution is 0.200. The normalized spacial score (nSPS) is 11.2. The lowest BCUT2D eigenvalue weighted by atomic mass is 9.82. The van der Waals surface area contributed by atoms with Gasteiger partial charge in [-0.3, -0.25) is 10.7 Å². The average Bonchev–Trinajstić information content (AvgIpc) is 2.25. The molecule has 1 rings (SSSR count). The van der Waals surface area contributed by atoms with Crippen LogP contribution in [0.15, 0.2) is 12.1 Å². The molecular weight excluding hydrogens is 266 g/mol. The predicted octanol–water partition coefficient (Wildman–Crippen LogP) is 2.69. The number of amides is 1. The molecule has 0 radical (unpaired) electrons. The Morgan fingerprint density at radius 3 is 2.47 bits per heavy atom. The maximum absolute atomic E-state index is 10.6. The van der Waals surface area contributed by atoms with Crippen LogP contribution in [0.3, 0.4) is 0 Å². The topological polar surface area (TPSA) is 99.2 Å². The van der Waals surface area contributed by atoms with Crippen molar-refractivity contribution in [2.45, 2.75) is 32.7 Å². The first kappa shape index (κ1) is 15.5. The van der Waals surface area contributed by atoms with Gasteiger partial charge in [0.05, 0.1) is 0 Å². The molecule has 0 saturated carbocycles. The van der Waals surface area contributed by atoms with Gasteiger partial charge < -0.3 is 10.8 Å². The van der Waals surface area contributed by atoms with Crippen LogP contribution in [0.1, 0.15) is 37.5 Å². The Labute approximate surface area is 117 Å². The lowest BCUT2D eigenvalue weighted by Crippen LogP contribution is -2.31.